The molecule has 0 aliphatic rings. The Kier molecular flexibility index (Phi) is 7.85. The molecular weight excluding hydrogens is 394 g/mol. The van der Waals surface area contributed by atoms with Crippen LogP contribution < -0.4 is 14.8 Å². The summed E-state index contributed by atoms with van der Waals surface area (Å²) in [6, 6.07) is 11.5. The molecule has 0 heterocycles. The molecule has 0 atom stereocenters. The number of ether oxygens (including phenoxy) is 2. The van der Waals surface area contributed by atoms with Gasteiger partial charge in [0.25, 0.3) is 0 Å². The van der Waals surface area contributed by atoms with E-state index in [0.717, 1.165) is 15.6 Å². The maximum absolute atomic E-state index is 8.85. The molecule has 0 aliphatic heterocycles. The fraction of sp³-hybridized carbons (Fsp3) is 0.333. The Morgan fingerprint density at radius 3 is 2.54 bits per heavy atom. The minimum atomic E-state index is 0.113. The number of nitrogens with one attached hydrogen (secondary N) is 1. The summed E-state index contributed by atoms with van der Waals surface area (Å²) in [4.78, 5) is 0. The van der Waals surface area contributed by atoms with Crippen molar-refractivity contribution in [3.05, 3.63) is 57.0 Å². The first kappa shape index (κ1) is 19.1. The Balaban J connectivity index is 2.13. The zero-order valence-electron chi connectivity index (χ0n) is 13.5. The molecule has 0 saturated heterocycles. The Labute approximate surface area is 155 Å². The third-order valence-electron chi connectivity index (χ3n) is 3.28. The summed E-state index contributed by atoms with van der Waals surface area (Å²) in [5.41, 5.74) is 2.08. The van der Waals surface area contributed by atoms with Crippen LogP contribution in [0.5, 0.6) is 11.5 Å². The topological polar surface area (TPSA) is 50.7 Å². The van der Waals surface area contributed by atoms with Crippen LogP contribution in [0.15, 0.2) is 40.9 Å². The van der Waals surface area contributed by atoms with Gasteiger partial charge in [-0.15, -0.1) is 0 Å². The molecule has 24 heavy (non-hydrogen) atoms. The van der Waals surface area contributed by atoms with Gasteiger partial charge in [0, 0.05) is 18.1 Å². The van der Waals surface area contributed by atoms with Crippen molar-refractivity contribution in [3.63, 3.8) is 0 Å². The third kappa shape index (κ3) is 5.67. The standard InChI is InChI=1S/C18H21BrClNO3/c1-2-23-17-10-14(11-21-7-8-22)9-16(19)18(17)24-12-13-3-5-15(20)6-4-13/h3-6,9-10,21-22H,2,7-8,11-12H2,1H3. The molecule has 0 saturated carbocycles. The lowest BCUT2D eigenvalue weighted by molar-refractivity contribution is 0.267. The number of rotatable bonds is 9. The average molecular weight is 415 g/mol. The number of halogens is 2. The molecule has 0 aromatic heterocycles. The second-order valence-electron chi connectivity index (χ2n) is 5.15. The Morgan fingerprint density at radius 2 is 1.88 bits per heavy atom. The highest BCUT2D eigenvalue weighted by molar-refractivity contribution is 9.10. The lowest BCUT2D eigenvalue weighted by Crippen LogP contribution is -2.17. The lowest BCUT2D eigenvalue weighted by Gasteiger charge is -2.16. The van der Waals surface area contributed by atoms with Crippen LogP contribution in [0.3, 0.4) is 0 Å². The lowest BCUT2D eigenvalue weighted by atomic mass is 10.2. The molecule has 4 nitrogen and oxygen atoms in total. The van der Waals surface area contributed by atoms with E-state index in [4.69, 9.17) is 26.2 Å². The Bertz CT molecular complexity index is 649. The monoisotopic (exact) mass is 413 g/mol. The predicted molar refractivity (Wildman–Crippen MR) is 99.9 cm³/mol. The third-order valence-corrected chi connectivity index (χ3v) is 4.12. The van der Waals surface area contributed by atoms with Gasteiger partial charge in [-0.2, -0.15) is 0 Å². The normalized spacial score (nSPS) is 10.7. The summed E-state index contributed by atoms with van der Waals surface area (Å²) in [5.74, 6) is 1.37. The van der Waals surface area contributed by atoms with Crippen molar-refractivity contribution in [2.75, 3.05) is 19.8 Å². The summed E-state index contributed by atoms with van der Waals surface area (Å²) >= 11 is 9.46. The van der Waals surface area contributed by atoms with E-state index < -0.39 is 0 Å². The number of aliphatic hydroxyl groups is 1. The molecule has 0 unspecified atom stereocenters. The summed E-state index contributed by atoms with van der Waals surface area (Å²) in [6.07, 6.45) is 0. The van der Waals surface area contributed by atoms with Gasteiger partial charge >= 0.3 is 0 Å². The van der Waals surface area contributed by atoms with Crippen molar-refractivity contribution in [1.29, 1.82) is 0 Å². The van der Waals surface area contributed by atoms with Gasteiger partial charge in [0.1, 0.15) is 6.61 Å². The van der Waals surface area contributed by atoms with Gasteiger partial charge in [-0.3, -0.25) is 0 Å². The van der Waals surface area contributed by atoms with Crippen molar-refractivity contribution in [2.24, 2.45) is 0 Å². The van der Waals surface area contributed by atoms with Crippen LogP contribution >= 0.6 is 27.5 Å². The van der Waals surface area contributed by atoms with Crippen LogP contribution in [0.25, 0.3) is 0 Å². The molecule has 0 spiro atoms. The van der Waals surface area contributed by atoms with Crippen LogP contribution in [0, 0.1) is 0 Å². The molecule has 0 aliphatic carbocycles. The molecule has 0 amide bonds. The highest BCUT2D eigenvalue weighted by Crippen LogP contribution is 2.37. The van der Waals surface area contributed by atoms with Gasteiger partial charge < -0.3 is 19.9 Å². The highest BCUT2D eigenvalue weighted by atomic mass is 79.9. The van der Waals surface area contributed by atoms with E-state index in [1.807, 2.05) is 43.3 Å². The van der Waals surface area contributed by atoms with Crippen molar-refractivity contribution >= 4 is 27.5 Å². The average Bonchev–Trinajstić information content (AvgIpc) is 2.56. The van der Waals surface area contributed by atoms with E-state index in [1.165, 1.54) is 0 Å². The summed E-state index contributed by atoms with van der Waals surface area (Å²) < 4.78 is 12.5. The second kappa shape index (κ2) is 9.89. The highest BCUT2D eigenvalue weighted by Gasteiger charge is 2.12. The molecule has 6 heteroatoms. The largest absolute Gasteiger partial charge is 0.490 e. The molecular formula is C18H21BrClNO3. The van der Waals surface area contributed by atoms with Crippen molar-refractivity contribution < 1.29 is 14.6 Å². The van der Waals surface area contributed by atoms with Crippen LogP contribution in [0.2, 0.25) is 5.02 Å². The second-order valence-corrected chi connectivity index (χ2v) is 6.44. The van der Waals surface area contributed by atoms with Crippen molar-refractivity contribution in [2.45, 2.75) is 20.1 Å². The van der Waals surface area contributed by atoms with E-state index >= 15 is 0 Å². The van der Waals surface area contributed by atoms with E-state index in [2.05, 4.69) is 21.2 Å². The van der Waals surface area contributed by atoms with Crippen LogP contribution in [-0.4, -0.2) is 24.9 Å². The maximum atomic E-state index is 8.85. The predicted octanol–water partition coefficient (Wildman–Crippen LogP) is 4.16. The molecule has 0 bridgehead atoms. The fourth-order valence-corrected chi connectivity index (χ4v) is 2.90. The first-order chi connectivity index (χ1) is 11.6. The van der Waals surface area contributed by atoms with Gasteiger partial charge in [0.15, 0.2) is 11.5 Å². The fourth-order valence-electron chi connectivity index (χ4n) is 2.17. The van der Waals surface area contributed by atoms with Gasteiger partial charge in [-0.1, -0.05) is 23.7 Å². The minimum Gasteiger partial charge on any atom is -0.490 e. The van der Waals surface area contributed by atoms with Crippen LogP contribution in [-0.2, 0) is 13.2 Å². The minimum absolute atomic E-state index is 0.113. The summed E-state index contributed by atoms with van der Waals surface area (Å²) in [7, 11) is 0. The molecule has 2 rings (SSSR count). The molecule has 2 N–H and O–H groups in total. The van der Waals surface area contributed by atoms with Gasteiger partial charge in [0.2, 0.25) is 0 Å². The van der Waals surface area contributed by atoms with E-state index in [9.17, 15) is 0 Å². The number of aliphatic hydroxyl groups excluding tert-OH is 1. The van der Waals surface area contributed by atoms with E-state index in [0.29, 0.717) is 42.8 Å². The molecule has 2 aromatic carbocycles. The van der Waals surface area contributed by atoms with Crippen LogP contribution in [0.1, 0.15) is 18.1 Å². The smallest absolute Gasteiger partial charge is 0.175 e. The number of benzene rings is 2. The Hall–Kier alpha value is -1.27. The molecule has 2 aromatic rings. The maximum Gasteiger partial charge on any atom is 0.175 e. The van der Waals surface area contributed by atoms with E-state index in [-0.39, 0.29) is 6.61 Å². The van der Waals surface area contributed by atoms with E-state index in [1.54, 1.807) is 0 Å². The number of hydrogen-bond donors (Lipinski definition) is 2. The quantitative estimate of drug-likeness (QED) is 0.605. The summed E-state index contributed by atoms with van der Waals surface area (Å²) in [5, 5.41) is 12.7. The summed E-state index contributed by atoms with van der Waals surface area (Å²) in [6.45, 7) is 4.23. The van der Waals surface area contributed by atoms with Gasteiger partial charge in [-0.25, -0.2) is 0 Å². The van der Waals surface area contributed by atoms with Crippen LogP contribution in [0.4, 0.5) is 0 Å². The number of hydrogen-bond acceptors (Lipinski definition) is 4. The zero-order valence-corrected chi connectivity index (χ0v) is 15.9. The van der Waals surface area contributed by atoms with Gasteiger partial charge in [0.05, 0.1) is 17.7 Å². The molecule has 0 fully saturated rings. The molecule has 0 radical (unpaired) electrons. The SMILES string of the molecule is CCOc1cc(CNCCO)cc(Br)c1OCc1ccc(Cl)cc1. The first-order valence-corrected chi connectivity index (χ1v) is 8.95. The van der Waals surface area contributed by atoms with Gasteiger partial charge in [-0.05, 0) is 58.2 Å². The zero-order chi connectivity index (χ0) is 17.4. The Morgan fingerprint density at radius 1 is 1.12 bits per heavy atom. The van der Waals surface area contributed by atoms with Crippen molar-refractivity contribution in [3.8, 4) is 11.5 Å². The van der Waals surface area contributed by atoms with Crippen molar-refractivity contribution in [1.82, 2.24) is 5.32 Å². The first-order valence-electron chi connectivity index (χ1n) is 7.78. The molecule has 130 valence electrons.